The van der Waals surface area contributed by atoms with E-state index in [9.17, 15) is 13.2 Å². The summed E-state index contributed by atoms with van der Waals surface area (Å²) in [6.45, 7) is 7.34. The molecule has 0 atom stereocenters. The van der Waals surface area contributed by atoms with Crippen molar-refractivity contribution in [2.75, 3.05) is 23.3 Å². The van der Waals surface area contributed by atoms with E-state index in [1.165, 1.54) is 37.1 Å². The van der Waals surface area contributed by atoms with Gasteiger partial charge in [0.2, 0.25) is 10.0 Å². The van der Waals surface area contributed by atoms with E-state index in [1.807, 2.05) is 12.1 Å². The minimum Gasteiger partial charge on any atom is -0.357 e. The number of hydrogen-bond acceptors (Lipinski definition) is 5. The Morgan fingerprint density at radius 1 is 1.04 bits per heavy atom. The van der Waals surface area contributed by atoms with Gasteiger partial charge in [0, 0.05) is 24.2 Å². The summed E-state index contributed by atoms with van der Waals surface area (Å²) in [7, 11) is -3.63. The van der Waals surface area contributed by atoms with Gasteiger partial charge in [0.1, 0.15) is 5.82 Å². The van der Waals surface area contributed by atoms with E-state index in [2.05, 4.69) is 19.9 Å². The van der Waals surface area contributed by atoms with E-state index < -0.39 is 15.6 Å². The first kappa shape index (κ1) is 20.3. The van der Waals surface area contributed by atoms with Gasteiger partial charge in [-0.2, -0.15) is 0 Å². The van der Waals surface area contributed by atoms with Crippen LogP contribution in [-0.2, 0) is 10.0 Å². The maximum Gasteiger partial charge on any atom is 0.255 e. The number of pyridine rings is 1. The highest BCUT2D eigenvalue weighted by Crippen LogP contribution is 2.20. The average Bonchev–Trinajstić information content (AvgIpc) is 3.15. The van der Waals surface area contributed by atoms with Gasteiger partial charge in [-0.05, 0) is 70.0 Å². The van der Waals surface area contributed by atoms with Crippen molar-refractivity contribution in [2.45, 2.75) is 44.0 Å². The van der Waals surface area contributed by atoms with Crippen LogP contribution in [0.4, 0.5) is 11.5 Å². The van der Waals surface area contributed by atoms with Crippen molar-refractivity contribution in [1.29, 1.82) is 0 Å². The van der Waals surface area contributed by atoms with Crippen molar-refractivity contribution in [3.8, 4) is 0 Å². The molecule has 0 aliphatic carbocycles. The second-order valence-corrected chi connectivity index (χ2v) is 9.62. The van der Waals surface area contributed by atoms with Crippen LogP contribution in [0.3, 0.4) is 0 Å². The molecule has 3 rings (SSSR count). The molecule has 2 heterocycles. The van der Waals surface area contributed by atoms with Gasteiger partial charge in [-0.3, -0.25) is 4.79 Å². The Bertz CT molecular complexity index is 927. The Kier molecular flexibility index (Phi) is 5.71. The van der Waals surface area contributed by atoms with Crippen LogP contribution >= 0.6 is 0 Å². The molecule has 1 aromatic carbocycles. The standard InChI is InChI=1S/C20H26N4O3S/c1-20(2,3)23-28(26,27)17-9-6-15(7-10-17)19(25)22-16-8-11-18(21-14-16)24-12-4-5-13-24/h6-11,14,23H,4-5,12-13H2,1-3H3,(H,22,25). The summed E-state index contributed by atoms with van der Waals surface area (Å²) in [5.74, 6) is 0.597. The monoisotopic (exact) mass is 402 g/mol. The molecular formula is C20H26N4O3S. The van der Waals surface area contributed by atoms with Gasteiger partial charge in [0.25, 0.3) is 5.91 Å². The number of sulfonamides is 1. The van der Waals surface area contributed by atoms with Crippen LogP contribution in [0.25, 0.3) is 0 Å². The number of amides is 1. The first-order valence-corrected chi connectivity index (χ1v) is 10.8. The van der Waals surface area contributed by atoms with E-state index in [0.717, 1.165) is 18.9 Å². The molecule has 0 unspecified atom stereocenters. The van der Waals surface area contributed by atoms with Crippen LogP contribution in [-0.4, -0.2) is 37.9 Å². The van der Waals surface area contributed by atoms with E-state index in [4.69, 9.17) is 0 Å². The third kappa shape index (κ3) is 5.08. The van der Waals surface area contributed by atoms with Crippen molar-refractivity contribution < 1.29 is 13.2 Å². The minimum atomic E-state index is -3.63. The molecule has 1 fully saturated rings. The summed E-state index contributed by atoms with van der Waals surface area (Å²) in [6, 6.07) is 9.58. The fourth-order valence-electron chi connectivity index (χ4n) is 3.04. The Hall–Kier alpha value is -2.45. The summed E-state index contributed by atoms with van der Waals surface area (Å²) >= 11 is 0. The van der Waals surface area contributed by atoms with Crippen molar-refractivity contribution in [2.24, 2.45) is 0 Å². The highest BCUT2D eigenvalue weighted by molar-refractivity contribution is 7.89. The fourth-order valence-corrected chi connectivity index (χ4v) is 4.46. The first-order valence-electron chi connectivity index (χ1n) is 9.30. The topological polar surface area (TPSA) is 91.4 Å². The fraction of sp³-hybridized carbons (Fsp3) is 0.400. The first-order chi connectivity index (χ1) is 13.1. The summed E-state index contributed by atoms with van der Waals surface area (Å²) < 4.78 is 27.3. The molecule has 1 amide bonds. The molecule has 0 saturated carbocycles. The second kappa shape index (κ2) is 7.89. The normalized spacial score (nSPS) is 14.9. The van der Waals surface area contributed by atoms with Crippen molar-refractivity contribution >= 4 is 27.4 Å². The molecule has 2 N–H and O–H groups in total. The van der Waals surface area contributed by atoms with Crippen LogP contribution in [0.2, 0.25) is 0 Å². The largest absolute Gasteiger partial charge is 0.357 e. The number of benzene rings is 1. The number of nitrogens with one attached hydrogen (secondary N) is 2. The number of hydrogen-bond donors (Lipinski definition) is 2. The lowest BCUT2D eigenvalue weighted by atomic mass is 10.1. The van der Waals surface area contributed by atoms with Gasteiger partial charge in [-0.1, -0.05) is 0 Å². The van der Waals surface area contributed by atoms with Crippen molar-refractivity contribution in [1.82, 2.24) is 9.71 Å². The molecule has 0 bridgehead atoms. The number of carbonyl (C=O) groups excluding carboxylic acids is 1. The van der Waals surface area contributed by atoms with Crippen LogP contribution in [0.1, 0.15) is 44.0 Å². The Morgan fingerprint density at radius 2 is 1.68 bits per heavy atom. The van der Waals surface area contributed by atoms with Gasteiger partial charge < -0.3 is 10.2 Å². The quantitative estimate of drug-likeness (QED) is 0.802. The van der Waals surface area contributed by atoms with Crippen LogP contribution in [0.5, 0.6) is 0 Å². The van der Waals surface area contributed by atoms with Crippen LogP contribution in [0, 0.1) is 0 Å². The SMILES string of the molecule is CC(C)(C)NS(=O)(=O)c1ccc(C(=O)Nc2ccc(N3CCCC3)nc2)cc1. The minimum absolute atomic E-state index is 0.121. The number of rotatable bonds is 5. The Labute approximate surface area is 166 Å². The maximum absolute atomic E-state index is 12.4. The van der Waals surface area contributed by atoms with Crippen molar-refractivity contribution in [3.05, 3.63) is 48.2 Å². The van der Waals surface area contributed by atoms with E-state index in [-0.39, 0.29) is 10.8 Å². The van der Waals surface area contributed by atoms with Crippen molar-refractivity contribution in [3.63, 3.8) is 0 Å². The predicted octanol–water partition coefficient (Wildman–Crippen LogP) is 3.01. The zero-order valence-corrected chi connectivity index (χ0v) is 17.2. The van der Waals surface area contributed by atoms with E-state index in [1.54, 1.807) is 27.0 Å². The number of nitrogens with zero attached hydrogens (tertiary/aromatic N) is 2. The maximum atomic E-state index is 12.4. The van der Waals surface area contributed by atoms with E-state index >= 15 is 0 Å². The summed E-state index contributed by atoms with van der Waals surface area (Å²) in [4.78, 5) is 19.2. The van der Waals surface area contributed by atoms with Gasteiger partial charge in [0.05, 0.1) is 16.8 Å². The average molecular weight is 403 g/mol. The molecule has 1 aliphatic rings. The number of aromatic nitrogens is 1. The summed E-state index contributed by atoms with van der Waals surface area (Å²) in [6.07, 6.45) is 3.99. The summed E-state index contributed by atoms with van der Waals surface area (Å²) in [5, 5.41) is 2.79. The molecule has 28 heavy (non-hydrogen) atoms. The molecule has 1 aliphatic heterocycles. The zero-order valence-electron chi connectivity index (χ0n) is 16.4. The molecule has 8 heteroatoms. The number of carbonyl (C=O) groups is 1. The van der Waals surface area contributed by atoms with Crippen LogP contribution in [0.15, 0.2) is 47.5 Å². The highest BCUT2D eigenvalue weighted by Gasteiger charge is 2.22. The van der Waals surface area contributed by atoms with Crippen LogP contribution < -0.4 is 14.9 Å². The summed E-state index contributed by atoms with van der Waals surface area (Å²) in [5.41, 5.74) is 0.390. The zero-order chi connectivity index (χ0) is 20.4. The molecule has 1 saturated heterocycles. The molecule has 0 radical (unpaired) electrons. The van der Waals surface area contributed by atoms with Gasteiger partial charge >= 0.3 is 0 Å². The second-order valence-electron chi connectivity index (χ2n) is 7.93. The Balaban J connectivity index is 1.66. The molecule has 2 aromatic rings. The molecule has 7 nitrogen and oxygen atoms in total. The van der Waals surface area contributed by atoms with E-state index in [0.29, 0.717) is 11.3 Å². The van der Waals surface area contributed by atoms with Gasteiger partial charge in [-0.15, -0.1) is 0 Å². The smallest absolute Gasteiger partial charge is 0.255 e. The lowest BCUT2D eigenvalue weighted by molar-refractivity contribution is 0.102. The lowest BCUT2D eigenvalue weighted by Crippen LogP contribution is -2.40. The number of anilines is 2. The Morgan fingerprint density at radius 3 is 2.21 bits per heavy atom. The molecular weight excluding hydrogens is 376 g/mol. The molecule has 150 valence electrons. The van der Waals surface area contributed by atoms with Gasteiger partial charge in [-0.25, -0.2) is 18.1 Å². The third-order valence-corrected chi connectivity index (χ3v) is 6.08. The third-order valence-electron chi connectivity index (χ3n) is 4.30. The predicted molar refractivity (Wildman–Crippen MR) is 110 cm³/mol. The molecule has 0 spiro atoms. The highest BCUT2D eigenvalue weighted by atomic mass is 32.2. The molecule has 1 aromatic heterocycles. The van der Waals surface area contributed by atoms with Gasteiger partial charge in [0.15, 0.2) is 0 Å². The lowest BCUT2D eigenvalue weighted by Gasteiger charge is -2.20.